The molecule has 150 valence electrons. The first-order valence-corrected chi connectivity index (χ1v) is 10.3. The Morgan fingerprint density at radius 2 is 1.97 bits per heavy atom. The number of hydrogen-bond donors (Lipinski definition) is 1. The van der Waals surface area contributed by atoms with Gasteiger partial charge < -0.3 is 14.8 Å². The molecular weight excluding hydrogens is 390 g/mol. The van der Waals surface area contributed by atoms with Crippen LogP contribution in [0.4, 0.5) is 5.00 Å². The first-order chi connectivity index (χ1) is 14.2. The Labute approximate surface area is 172 Å². The summed E-state index contributed by atoms with van der Waals surface area (Å²) in [7, 11) is 1.36. The van der Waals surface area contributed by atoms with Crippen molar-refractivity contribution in [2.75, 3.05) is 19.0 Å². The van der Waals surface area contributed by atoms with Gasteiger partial charge in [-0.05, 0) is 43.4 Å². The van der Waals surface area contributed by atoms with E-state index in [0.29, 0.717) is 16.4 Å². The van der Waals surface area contributed by atoms with Gasteiger partial charge in [-0.2, -0.15) is 0 Å². The molecule has 2 heterocycles. The molecule has 0 atom stereocenters. The molecule has 0 fully saturated rings. The Morgan fingerprint density at radius 3 is 2.83 bits per heavy atom. The first-order valence-electron chi connectivity index (χ1n) is 9.52. The summed E-state index contributed by atoms with van der Waals surface area (Å²) in [6, 6.07) is 7.43. The molecule has 0 bridgehead atoms. The van der Waals surface area contributed by atoms with Gasteiger partial charge in [0.25, 0.3) is 5.91 Å². The van der Waals surface area contributed by atoms with Gasteiger partial charge >= 0.3 is 5.97 Å². The van der Waals surface area contributed by atoms with Gasteiger partial charge in [-0.25, -0.2) is 14.8 Å². The van der Waals surface area contributed by atoms with Crippen molar-refractivity contribution in [2.24, 2.45) is 0 Å². The van der Waals surface area contributed by atoms with Crippen LogP contribution < -0.4 is 10.1 Å². The molecule has 7 nitrogen and oxygen atoms in total. The van der Waals surface area contributed by atoms with E-state index < -0.39 is 5.97 Å². The van der Waals surface area contributed by atoms with E-state index in [4.69, 9.17) is 9.47 Å². The normalized spacial score (nSPS) is 13.4. The summed E-state index contributed by atoms with van der Waals surface area (Å²) in [6.45, 7) is -0.218. The van der Waals surface area contributed by atoms with Crippen LogP contribution in [0.3, 0.4) is 0 Å². The Bertz CT molecular complexity index is 1060. The number of rotatable bonds is 5. The van der Waals surface area contributed by atoms with Gasteiger partial charge in [0.2, 0.25) is 5.88 Å². The van der Waals surface area contributed by atoms with Crippen molar-refractivity contribution in [3.8, 4) is 5.88 Å². The largest absolute Gasteiger partial charge is 0.467 e. The molecule has 2 aromatic heterocycles. The topological polar surface area (TPSA) is 90.4 Å². The van der Waals surface area contributed by atoms with E-state index in [2.05, 4.69) is 15.3 Å². The molecular formula is C21H21N3O4S. The number of nitrogens with one attached hydrogen (secondary N) is 1. The number of aromatic nitrogens is 2. The van der Waals surface area contributed by atoms with Crippen LogP contribution in [0.1, 0.15) is 40.1 Å². The monoisotopic (exact) mass is 411 g/mol. The Morgan fingerprint density at radius 1 is 1.14 bits per heavy atom. The highest BCUT2D eigenvalue weighted by Crippen LogP contribution is 2.38. The molecule has 3 aromatic rings. The number of carbonyl (C=O) groups excluding carboxylic acids is 2. The molecule has 0 aliphatic heterocycles. The zero-order valence-corrected chi connectivity index (χ0v) is 16.9. The second-order valence-corrected chi connectivity index (χ2v) is 7.90. The summed E-state index contributed by atoms with van der Waals surface area (Å²) in [5.74, 6) is -0.419. The molecule has 0 unspecified atom stereocenters. The van der Waals surface area contributed by atoms with E-state index in [0.717, 1.165) is 53.4 Å². The molecule has 1 amide bonds. The molecule has 1 aliphatic carbocycles. The van der Waals surface area contributed by atoms with E-state index in [-0.39, 0.29) is 12.5 Å². The molecule has 29 heavy (non-hydrogen) atoms. The van der Waals surface area contributed by atoms with Crippen molar-refractivity contribution < 1.29 is 19.1 Å². The Kier molecular flexibility index (Phi) is 5.71. The molecule has 0 radical (unpaired) electrons. The lowest BCUT2D eigenvalue weighted by molar-refractivity contribution is -0.118. The van der Waals surface area contributed by atoms with E-state index in [1.165, 1.54) is 24.8 Å². The summed E-state index contributed by atoms with van der Waals surface area (Å²) >= 11 is 1.46. The van der Waals surface area contributed by atoms with Gasteiger partial charge in [-0.1, -0.05) is 18.6 Å². The van der Waals surface area contributed by atoms with E-state index in [1.807, 2.05) is 24.3 Å². The SMILES string of the molecule is COC(=O)c1c(NC(=O)COc2ncnc3ccccc23)sc2c1CCCCC2. The van der Waals surface area contributed by atoms with Crippen molar-refractivity contribution in [1.82, 2.24) is 9.97 Å². The number of carbonyl (C=O) groups is 2. The first kappa shape index (κ1) is 19.3. The number of nitrogens with zero attached hydrogens (tertiary/aromatic N) is 2. The van der Waals surface area contributed by atoms with E-state index >= 15 is 0 Å². The Balaban J connectivity index is 1.51. The van der Waals surface area contributed by atoms with Crippen LogP contribution in [0.5, 0.6) is 5.88 Å². The van der Waals surface area contributed by atoms with Crippen LogP contribution in [-0.2, 0) is 22.4 Å². The van der Waals surface area contributed by atoms with Crippen molar-refractivity contribution >= 4 is 39.1 Å². The van der Waals surface area contributed by atoms with Crippen LogP contribution in [0.15, 0.2) is 30.6 Å². The van der Waals surface area contributed by atoms with Crippen LogP contribution >= 0.6 is 11.3 Å². The molecule has 0 saturated carbocycles. The van der Waals surface area contributed by atoms with Gasteiger partial charge in [0.05, 0.1) is 23.6 Å². The number of ether oxygens (including phenoxy) is 2. The van der Waals surface area contributed by atoms with Gasteiger partial charge in [-0.3, -0.25) is 4.79 Å². The third-order valence-corrected chi connectivity index (χ3v) is 6.12. The highest BCUT2D eigenvalue weighted by molar-refractivity contribution is 7.17. The standard InChI is InChI=1S/C21H21N3O4S/c1-27-21(26)18-14-8-3-2-4-10-16(14)29-20(18)24-17(25)11-28-19-13-7-5-6-9-15(13)22-12-23-19/h5-7,9,12H,2-4,8,10-11H2,1H3,(H,24,25). The summed E-state index contributed by atoms with van der Waals surface area (Å²) < 4.78 is 10.6. The third-order valence-electron chi connectivity index (χ3n) is 4.91. The zero-order valence-electron chi connectivity index (χ0n) is 16.1. The minimum Gasteiger partial charge on any atom is -0.467 e. The second kappa shape index (κ2) is 8.57. The van der Waals surface area contributed by atoms with Gasteiger partial charge in [-0.15, -0.1) is 11.3 Å². The van der Waals surface area contributed by atoms with Gasteiger partial charge in [0, 0.05) is 4.88 Å². The summed E-state index contributed by atoms with van der Waals surface area (Å²) in [5.41, 5.74) is 2.24. The van der Waals surface area contributed by atoms with Crippen molar-refractivity contribution in [3.05, 3.63) is 46.6 Å². The van der Waals surface area contributed by atoms with Crippen molar-refractivity contribution in [2.45, 2.75) is 32.1 Å². The number of fused-ring (bicyclic) bond motifs is 2. The maximum absolute atomic E-state index is 12.5. The number of amides is 1. The molecule has 1 aromatic carbocycles. The number of esters is 1. The number of anilines is 1. The number of para-hydroxylation sites is 1. The van der Waals surface area contributed by atoms with E-state index in [9.17, 15) is 9.59 Å². The fourth-order valence-corrected chi connectivity index (χ4v) is 4.83. The van der Waals surface area contributed by atoms with Crippen LogP contribution in [-0.4, -0.2) is 35.6 Å². The fraction of sp³-hybridized carbons (Fsp3) is 0.333. The Hall–Kier alpha value is -3.00. The maximum Gasteiger partial charge on any atom is 0.341 e. The lowest BCUT2D eigenvalue weighted by Gasteiger charge is -2.09. The fourth-order valence-electron chi connectivity index (χ4n) is 3.54. The number of thiophene rings is 1. The van der Waals surface area contributed by atoms with Crippen molar-refractivity contribution in [3.63, 3.8) is 0 Å². The second-order valence-electron chi connectivity index (χ2n) is 6.79. The quantitative estimate of drug-likeness (QED) is 0.508. The number of benzene rings is 1. The van der Waals surface area contributed by atoms with Crippen molar-refractivity contribution in [1.29, 1.82) is 0 Å². The average molecular weight is 411 g/mol. The summed E-state index contributed by atoms with van der Waals surface area (Å²) in [6.07, 6.45) is 6.42. The average Bonchev–Trinajstić information content (AvgIpc) is 2.91. The zero-order chi connectivity index (χ0) is 20.2. The minimum atomic E-state index is -0.414. The van der Waals surface area contributed by atoms with Crippen LogP contribution in [0.25, 0.3) is 10.9 Å². The molecule has 4 rings (SSSR count). The predicted molar refractivity (Wildman–Crippen MR) is 111 cm³/mol. The van der Waals surface area contributed by atoms with Gasteiger partial charge in [0.15, 0.2) is 6.61 Å². The minimum absolute atomic E-state index is 0.218. The van der Waals surface area contributed by atoms with E-state index in [1.54, 1.807) is 0 Å². The molecule has 0 saturated heterocycles. The lowest BCUT2D eigenvalue weighted by atomic mass is 10.1. The summed E-state index contributed by atoms with van der Waals surface area (Å²) in [4.78, 5) is 34.4. The van der Waals surface area contributed by atoms with Gasteiger partial charge in [0.1, 0.15) is 11.3 Å². The highest BCUT2D eigenvalue weighted by Gasteiger charge is 2.26. The molecule has 0 spiro atoms. The highest BCUT2D eigenvalue weighted by atomic mass is 32.1. The number of aryl methyl sites for hydroxylation is 1. The smallest absolute Gasteiger partial charge is 0.341 e. The molecule has 8 heteroatoms. The third kappa shape index (κ3) is 4.07. The number of hydrogen-bond acceptors (Lipinski definition) is 7. The molecule has 1 N–H and O–H groups in total. The lowest BCUT2D eigenvalue weighted by Crippen LogP contribution is -2.21. The molecule has 1 aliphatic rings. The van der Waals surface area contributed by atoms with Crippen LogP contribution in [0.2, 0.25) is 0 Å². The van der Waals surface area contributed by atoms with Crippen LogP contribution in [0, 0.1) is 0 Å². The summed E-state index contributed by atoms with van der Waals surface area (Å²) in [5, 5.41) is 4.10. The predicted octanol–water partition coefficient (Wildman–Crippen LogP) is 3.76. The number of methoxy groups -OCH3 is 1. The maximum atomic E-state index is 12.5.